The van der Waals surface area contributed by atoms with E-state index in [1.54, 1.807) is 12.3 Å². The number of halogens is 2. The van der Waals surface area contributed by atoms with Crippen LogP contribution in [0.3, 0.4) is 0 Å². The molecule has 0 fully saturated rings. The summed E-state index contributed by atoms with van der Waals surface area (Å²) in [6.07, 6.45) is 2.44. The van der Waals surface area contributed by atoms with Crippen molar-refractivity contribution in [3.8, 4) is 11.5 Å². The van der Waals surface area contributed by atoms with Crippen LogP contribution in [-0.2, 0) is 19.5 Å². The first-order chi connectivity index (χ1) is 12.2. The van der Waals surface area contributed by atoms with Gasteiger partial charge in [-0.3, -0.25) is 9.88 Å². The minimum atomic E-state index is 0.509. The average molecular weight is 371 g/mol. The maximum absolute atomic E-state index is 6.47. The fourth-order valence-electron chi connectivity index (χ4n) is 3.03. The van der Waals surface area contributed by atoms with Crippen LogP contribution in [0.5, 0.6) is 0 Å². The maximum Gasteiger partial charge on any atom is 0.179 e. The molecule has 25 heavy (non-hydrogen) atoms. The van der Waals surface area contributed by atoms with Crippen molar-refractivity contribution in [1.82, 2.24) is 19.9 Å². The van der Waals surface area contributed by atoms with Gasteiger partial charge in [-0.2, -0.15) is 0 Å². The van der Waals surface area contributed by atoms with Gasteiger partial charge >= 0.3 is 0 Å². The van der Waals surface area contributed by atoms with Gasteiger partial charge in [0.1, 0.15) is 10.8 Å². The molecule has 0 atom stereocenters. The van der Waals surface area contributed by atoms with E-state index < -0.39 is 0 Å². The van der Waals surface area contributed by atoms with Crippen LogP contribution in [0.1, 0.15) is 16.8 Å². The highest BCUT2D eigenvalue weighted by Crippen LogP contribution is 2.27. The van der Waals surface area contributed by atoms with Crippen LogP contribution in [0.2, 0.25) is 10.2 Å². The number of fused-ring (bicyclic) bond motifs is 1. The van der Waals surface area contributed by atoms with Crippen molar-refractivity contribution in [3.05, 3.63) is 75.7 Å². The molecule has 0 aliphatic carbocycles. The summed E-state index contributed by atoms with van der Waals surface area (Å²) in [5.41, 5.74) is 4.00. The van der Waals surface area contributed by atoms with E-state index in [4.69, 9.17) is 23.2 Å². The summed E-state index contributed by atoms with van der Waals surface area (Å²) < 4.78 is 0. The quantitative estimate of drug-likeness (QED) is 0.640. The van der Waals surface area contributed by atoms with E-state index in [-0.39, 0.29) is 0 Å². The van der Waals surface area contributed by atoms with E-state index >= 15 is 0 Å². The summed E-state index contributed by atoms with van der Waals surface area (Å²) in [7, 11) is 0. The predicted molar refractivity (Wildman–Crippen MR) is 99.5 cm³/mol. The van der Waals surface area contributed by atoms with Crippen molar-refractivity contribution < 1.29 is 0 Å². The van der Waals surface area contributed by atoms with Gasteiger partial charge < -0.3 is 0 Å². The van der Waals surface area contributed by atoms with Crippen LogP contribution in [0.4, 0.5) is 0 Å². The number of benzene rings is 1. The Kier molecular flexibility index (Phi) is 4.66. The molecule has 0 N–H and O–H groups in total. The SMILES string of the molecule is Clc1ccc(-c2nc(Cl)c3c(n2)CCN(Cc2ccccc2)C3)nc1. The Balaban J connectivity index is 1.58. The summed E-state index contributed by atoms with van der Waals surface area (Å²) in [5.74, 6) is 0.553. The highest BCUT2D eigenvalue weighted by atomic mass is 35.5. The molecule has 0 radical (unpaired) electrons. The van der Waals surface area contributed by atoms with Crippen molar-refractivity contribution >= 4 is 23.2 Å². The van der Waals surface area contributed by atoms with Gasteiger partial charge in [0.05, 0.1) is 10.7 Å². The molecule has 2 aromatic heterocycles. The van der Waals surface area contributed by atoms with Crippen LogP contribution in [0.25, 0.3) is 11.5 Å². The Morgan fingerprint density at radius 1 is 1.00 bits per heavy atom. The highest BCUT2D eigenvalue weighted by molar-refractivity contribution is 6.30. The van der Waals surface area contributed by atoms with E-state index in [1.807, 2.05) is 12.1 Å². The van der Waals surface area contributed by atoms with Gasteiger partial charge in [-0.15, -0.1) is 0 Å². The smallest absolute Gasteiger partial charge is 0.179 e. The second-order valence-corrected chi connectivity index (χ2v) is 6.87. The van der Waals surface area contributed by atoms with Gasteiger partial charge in [0, 0.05) is 37.8 Å². The fraction of sp³-hybridized carbons (Fsp3) is 0.211. The van der Waals surface area contributed by atoms with Crippen molar-refractivity contribution in [2.24, 2.45) is 0 Å². The van der Waals surface area contributed by atoms with E-state index in [9.17, 15) is 0 Å². The normalized spacial score (nSPS) is 14.3. The van der Waals surface area contributed by atoms with E-state index in [2.05, 4.69) is 44.1 Å². The van der Waals surface area contributed by atoms with Gasteiger partial charge in [0.15, 0.2) is 5.82 Å². The van der Waals surface area contributed by atoms with Crippen molar-refractivity contribution in [2.45, 2.75) is 19.5 Å². The molecular formula is C19H16Cl2N4. The van der Waals surface area contributed by atoms with Crippen molar-refractivity contribution in [1.29, 1.82) is 0 Å². The molecule has 1 aromatic carbocycles. The summed E-state index contributed by atoms with van der Waals surface area (Å²) in [6, 6.07) is 14.0. The van der Waals surface area contributed by atoms with Gasteiger partial charge in [-0.1, -0.05) is 53.5 Å². The number of hydrogen-bond acceptors (Lipinski definition) is 4. The Hall–Kier alpha value is -2.01. The molecule has 0 amide bonds. The molecule has 1 aliphatic heterocycles. The number of rotatable bonds is 3. The third kappa shape index (κ3) is 3.66. The standard InChI is InChI=1S/C19H16Cl2N4/c20-14-6-7-17(22-10-14)19-23-16-8-9-25(12-15(16)18(21)24-19)11-13-4-2-1-3-5-13/h1-7,10H,8-9,11-12H2. The number of pyridine rings is 1. The molecule has 4 rings (SSSR count). The number of nitrogens with zero attached hydrogens (tertiary/aromatic N) is 4. The average Bonchev–Trinajstić information content (AvgIpc) is 2.63. The van der Waals surface area contributed by atoms with E-state index in [0.717, 1.165) is 37.3 Å². The lowest BCUT2D eigenvalue weighted by molar-refractivity contribution is 0.243. The van der Waals surface area contributed by atoms with E-state index in [1.165, 1.54) is 5.56 Å². The molecule has 4 nitrogen and oxygen atoms in total. The van der Waals surface area contributed by atoms with Crippen LogP contribution in [-0.4, -0.2) is 26.4 Å². The summed E-state index contributed by atoms with van der Waals surface area (Å²) in [5, 5.41) is 1.10. The minimum absolute atomic E-state index is 0.509. The second-order valence-electron chi connectivity index (χ2n) is 6.07. The molecule has 1 aliphatic rings. The molecule has 126 valence electrons. The summed E-state index contributed by atoms with van der Waals surface area (Å²) in [6.45, 7) is 2.61. The molecule has 0 spiro atoms. The van der Waals surface area contributed by atoms with Gasteiger partial charge in [-0.25, -0.2) is 9.97 Å². The van der Waals surface area contributed by atoms with E-state index in [0.29, 0.717) is 21.7 Å². The van der Waals surface area contributed by atoms with Crippen molar-refractivity contribution in [3.63, 3.8) is 0 Å². The Labute approximate surface area is 156 Å². The zero-order chi connectivity index (χ0) is 17.2. The Bertz CT molecular complexity index is 882. The largest absolute Gasteiger partial charge is 0.294 e. The first kappa shape index (κ1) is 16.5. The number of aromatic nitrogens is 3. The van der Waals surface area contributed by atoms with Crippen molar-refractivity contribution in [2.75, 3.05) is 6.54 Å². The molecule has 0 unspecified atom stereocenters. The molecule has 0 bridgehead atoms. The van der Waals surface area contributed by atoms with Crippen LogP contribution in [0.15, 0.2) is 48.7 Å². The molecule has 0 saturated carbocycles. The second kappa shape index (κ2) is 7.08. The van der Waals surface area contributed by atoms with Gasteiger partial charge in [0.2, 0.25) is 0 Å². The first-order valence-corrected chi connectivity index (χ1v) is 8.88. The Morgan fingerprint density at radius 3 is 2.60 bits per heavy atom. The predicted octanol–water partition coefficient (Wildman–Crippen LogP) is 4.40. The summed E-state index contributed by atoms with van der Waals surface area (Å²) in [4.78, 5) is 15.8. The fourth-order valence-corrected chi connectivity index (χ4v) is 3.39. The molecule has 3 aromatic rings. The monoisotopic (exact) mass is 370 g/mol. The third-order valence-corrected chi connectivity index (χ3v) is 4.83. The summed E-state index contributed by atoms with van der Waals surface area (Å²) >= 11 is 12.4. The van der Waals surface area contributed by atoms with Crippen LogP contribution in [0, 0.1) is 0 Å². The van der Waals surface area contributed by atoms with Gasteiger partial charge in [-0.05, 0) is 17.7 Å². The first-order valence-electron chi connectivity index (χ1n) is 8.12. The molecule has 3 heterocycles. The molecular weight excluding hydrogens is 355 g/mol. The molecule has 6 heteroatoms. The maximum atomic E-state index is 6.47. The topological polar surface area (TPSA) is 41.9 Å². The minimum Gasteiger partial charge on any atom is -0.294 e. The highest BCUT2D eigenvalue weighted by Gasteiger charge is 2.22. The van der Waals surface area contributed by atoms with Crippen LogP contribution >= 0.6 is 23.2 Å². The third-order valence-electron chi connectivity index (χ3n) is 4.29. The van der Waals surface area contributed by atoms with Crippen LogP contribution < -0.4 is 0 Å². The zero-order valence-electron chi connectivity index (χ0n) is 13.5. The lowest BCUT2D eigenvalue weighted by Crippen LogP contribution is -2.31. The lowest BCUT2D eigenvalue weighted by Gasteiger charge is -2.28. The zero-order valence-corrected chi connectivity index (χ0v) is 15.0. The van der Waals surface area contributed by atoms with Gasteiger partial charge in [0.25, 0.3) is 0 Å². The number of hydrogen-bond donors (Lipinski definition) is 0. The lowest BCUT2D eigenvalue weighted by atomic mass is 10.1. The Morgan fingerprint density at radius 2 is 1.84 bits per heavy atom. The molecule has 0 saturated heterocycles.